The van der Waals surface area contributed by atoms with Crippen molar-refractivity contribution in [2.45, 2.75) is 19.8 Å². The number of carbonyl (C=O) groups excluding carboxylic acids is 2. The van der Waals surface area contributed by atoms with Gasteiger partial charge in [0, 0.05) is 12.2 Å². The maximum Gasteiger partial charge on any atom is 0.266 e. The van der Waals surface area contributed by atoms with Crippen LogP contribution < -0.4 is 4.90 Å². The molecular weight excluding hydrogens is 414 g/mol. The van der Waals surface area contributed by atoms with Gasteiger partial charge in [-0.1, -0.05) is 73.4 Å². The van der Waals surface area contributed by atoms with E-state index in [0.717, 1.165) is 12.0 Å². The summed E-state index contributed by atoms with van der Waals surface area (Å²) in [5.74, 6) is -0.549. The van der Waals surface area contributed by atoms with Crippen molar-refractivity contribution < 1.29 is 9.59 Å². The third-order valence-corrected chi connectivity index (χ3v) is 6.05. The van der Waals surface area contributed by atoms with Crippen molar-refractivity contribution >= 4 is 51.9 Å². The Hall–Kier alpha value is -2.95. The van der Waals surface area contributed by atoms with Gasteiger partial charge >= 0.3 is 0 Å². The number of thiocarbonyl (C=S) groups is 1. The normalized spacial score (nSPS) is 14.8. The fourth-order valence-corrected chi connectivity index (χ4v) is 4.28. The molecule has 0 aliphatic carbocycles. The Balaban J connectivity index is 1.75. The highest BCUT2D eigenvalue weighted by atomic mass is 32.2. The highest BCUT2D eigenvalue weighted by molar-refractivity contribution is 8.26. The number of hydrogen-bond acceptors (Lipinski definition) is 5. The molecule has 1 fully saturated rings. The molecule has 1 aliphatic rings. The second kappa shape index (κ2) is 10.2. The summed E-state index contributed by atoms with van der Waals surface area (Å²) in [5, 5.41) is 8.94. The molecule has 0 N–H and O–H groups in total. The van der Waals surface area contributed by atoms with Gasteiger partial charge in [0.15, 0.2) is 0 Å². The first kappa shape index (κ1) is 21.8. The van der Waals surface area contributed by atoms with Gasteiger partial charge in [0.2, 0.25) is 5.91 Å². The minimum atomic E-state index is -0.277. The molecule has 1 heterocycles. The molecule has 5 nitrogen and oxygen atoms in total. The van der Waals surface area contributed by atoms with Crippen LogP contribution in [0.3, 0.4) is 0 Å². The van der Waals surface area contributed by atoms with Crippen LogP contribution in [-0.2, 0) is 16.0 Å². The first-order chi connectivity index (χ1) is 14.5. The van der Waals surface area contributed by atoms with Gasteiger partial charge in [0.25, 0.3) is 5.91 Å². The van der Waals surface area contributed by atoms with Gasteiger partial charge in [-0.05, 0) is 35.8 Å². The third-order valence-electron chi connectivity index (χ3n) is 4.67. The number of aryl methyl sites for hydroxylation is 1. The summed E-state index contributed by atoms with van der Waals surface area (Å²) in [6, 6.07) is 19.2. The molecule has 2 aromatic rings. The summed E-state index contributed by atoms with van der Waals surface area (Å²) < 4.78 is 0.359. The number of anilines is 1. The monoisotopic (exact) mass is 435 g/mol. The lowest BCUT2D eigenvalue weighted by atomic mass is 10.1. The number of hydrogen-bond donors (Lipinski definition) is 0. The molecule has 2 amide bonds. The zero-order chi connectivity index (χ0) is 21.5. The van der Waals surface area contributed by atoms with E-state index in [1.54, 1.807) is 18.2 Å². The molecule has 0 unspecified atom stereocenters. The van der Waals surface area contributed by atoms with Gasteiger partial charge in [0.05, 0.1) is 17.4 Å². The molecule has 0 atom stereocenters. The summed E-state index contributed by atoms with van der Waals surface area (Å²) in [6.07, 6.45) is 2.95. The number of carbonyl (C=O) groups is 2. The molecule has 7 heteroatoms. The van der Waals surface area contributed by atoms with Crippen LogP contribution in [0.5, 0.6) is 0 Å². The van der Waals surface area contributed by atoms with Crippen LogP contribution in [0.4, 0.5) is 5.69 Å². The first-order valence-electron chi connectivity index (χ1n) is 9.60. The highest BCUT2D eigenvalue weighted by Crippen LogP contribution is 2.32. The second-order valence-electron chi connectivity index (χ2n) is 6.65. The van der Waals surface area contributed by atoms with Crippen LogP contribution >= 0.6 is 24.0 Å². The third kappa shape index (κ3) is 5.15. The minimum Gasteiger partial charge on any atom is -0.310 e. The second-order valence-corrected chi connectivity index (χ2v) is 8.33. The summed E-state index contributed by atoms with van der Waals surface area (Å²) in [4.78, 5) is 29.2. The predicted molar refractivity (Wildman–Crippen MR) is 125 cm³/mol. The number of para-hydroxylation sites is 1. The Bertz CT molecular complexity index is 1010. The first-order valence-corrected chi connectivity index (χ1v) is 10.8. The highest BCUT2D eigenvalue weighted by Gasteiger charge is 2.34. The van der Waals surface area contributed by atoms with Crippen LogP contribution in [0.2, 0.25) is 0 Å². The summed E-state index contributed by atoms with van der Waals surface area (Å²) in [5.41, 5.74) is 2.83. The number of nitriles is 1. The zero-order valence-corrected chi connectivity index (χ0v) is 18.2. The standard InChI is InChI=1S/C23H21N3O2S2/c1-2-17-9-11-18(12-10-17)15-20-22(28)26(23(29)30-20)16-21(27)25(14-6-13-24)19-7-4-3-5-8-19/h3-5,7-12,15H,2,6,14,16H2,1H3/b20-15-. The van der Waals surface area contributed by atoms with E-state index in [2.05, 4.69) is 13.0 Å². The van der Waals surface area contributed by atoms with E-state index in [0.29, 0.717) is 14.9 Å². The van der Waals surface area contributed by atoms with Gasteiger partial charge in [0.1, 0.15) is 10.9 Å². The fraction of sp³-hybridized carbons (Fsp3) is 0.217. The average molecular weight is 436 g/mol. The van der Waals surface area contributed by atoms with Gasteiger partial charge in [-0.15, -0.1) is 0 Å². The molecule has 152 valence electrons. The van der Waals surface area contributed by atoms with Crippen molar-refractivity contribution in [1.82, 2.24) is 4.90 Å². The topological polar surface area (TPSA) is 64.4 Å². The lowest BCUT2D eigenvalue weighted by molar-refractivity contribution is -0.127. The van der Waals surface area contributed by atoms with E-state index in [-0.39, 0.29) is 31.3 Å². The van der Waals surface area contributed by atoms with E-state index in [9.17, 15) is 9.59 Å². The Morgan fingerprint density at radius 1 is 1.20 bits per heavy atom. The quantitative estimate of drug-likeness (QED) is 0.477. The molecule has 0 aromatic heterocycles. The Labute approximate surface area is 186 Å². The van der Waals surface area contributed by atoms with E-state index in [1.165, 1.54) is 27.1 Å². The van der Waals surface area contributed by atoms with Crippen LogP contribution in [0.15, 0.2) is 59.5 Å². The van der Waals surface area contributed by atoms with Crippen molar-refractivity contribution in [1.29, 1.82) is 5.26 Å². The van der Waals surface area contributed by atoms with Crippen LogP contribution in [-0.4, -0.2) is 34.1 Å². The van der Waals surface area contributed by atoms with Crippen LogP contribution in [0.1, 0.15) is 24.5 Å². The smallest absolute Gasteiger partial charge is 0.266 e. The van der Waals surface area contributed by atoms with E-state index in [4.69, 9.17) is 17.5 Å². The molecule has 1 saturated heterocycles. The number of benzene rings is 2. The molecule has 3 rings (SSSR count). The van der Waals surface area contributed by atoms with Crippen LogP contribution in [0.25, 0.3) is 6.08 Å². The summed E-state index contributed by atoms with van der Waals surface area (Å²) in [7, 11) is 0. The molecule has 0 saturated carbocycles. The lowest BCUT2D eigenvalue weighted by Crippen LogP contribution is -2.42. The maximum absolute atomic E-state index is 13.0. The van der Waals surface area contributed by atoms with E-state index < -0.39 is 0 Å². The molecule has 0 spiro atoms. The van der Waals surface area contributed by atoms with Crippen LogP contribution in [0, 0.1) is 11.3 Å². The number of thioether (sulfide) groups is 1. The molecule has 0 radical (unpaired) electrons. The van der Waals surface area contributed by atoms with Crippen molar-refractivity contribution in [2.75, 3.05) is 18.0 Å². The van der Waals surface area contributed by atoms with Gasteiger partial charge in [-0.2, -0.15) is 5.26 Å². The zero-order valence-electron chi connectivity index (χ0n) is 16.6. The molecule has 30 heavy (non-hydrogen) atoms. The summed E-state index contributed by atoms with van der Waals surface area (Å²) >= 11 is 6.56. The van der Waals surface area contributed by atoms with Gasteiger partial charge in [-0.3, -0.25) is 14.5 Å². The average Bonchev–Trinajstić information content (AvgIpc) is 3.02. The largest absolute Gasteiger partial charge is 0.310 e. The predicted octanol–water partition coefficient (Wildman–Crippen LogP) is 4.40. The number of rotatable bonds is 7. The Morgan fingerprint density at radius 2 is 1.90 bits per heavy atom. The van der Waals surface area contributed by atoms with Crippen molar-refractivity contribution in [3.63, 3.8) is 0 Å². The Morgan fingerprint density at radius 3 is 2.53 bits per heavy atom. The molecule has 1 aliphatic heterocycles. The van der Waals surface area contributed by atoms with Crippen molar-refractivity contribution in [2.24, 2.45) is 0 Å². The van der Waals surface area contributed by atoms with Gasteiger partial charge in [-0.25, -0.2) is 0 Å². The lowest BCUT2D eigenvalue weighted by Gasteiger charge is -2.24. The summed E-state index contributed by atoms with van der Waals surface area (Å²) in [6.45, 7) is 2.19. The molecule has 2 aromatic carbocycles. The minimum absolute atomic E-state index is 0.156. The Kier molecular flexibility index (Phi) is 7.39. The fourth-order valence-electron chi connectivity index (χ4n) is 3.03. The van der Waals surface area contributed by atoms with Crippen molar-refractivity contribution in [3.8, 4) is 6.07 Å². The van der Waals surface area contributed by atoms with Gasteiger partial charge < -0.3 is 4.90 Å². The SMILES string of the molecule is CCc1ccc(/C=C2\SC(=S)N(CC(=O)N(CCC#N)c3ccccc3)C2=O)cc1. The van der Waals surface area contributed by atoms with Crippen molar-refractivity contribution in [3.05, 3.63) is 70.6 Å². The molecule has 0 bridgehead atoms. The van der Waals surface area contributed by atoms with E-state index in [1.807, 2.05) is 42.5 Å². The number of amides is 2. The molecular formula is C23H21N3O2S2. The number of nitrogens with zero attached hydrogens (tertiary/aromatic N) is 3. The van der Waals surface area contributed by atoms with E-state index >= 15 is 0 Å². The maximum atomic E-state index is 13.0.